The zero-order valence-electron chi connectivity index (χ0n) is 19.1. The topological polar surface area (TPSA) is 32.8 Å². The molecule has 4 heteroatoms. The summed E-state index contributed by atoms with van der Waals surface area (Å²) in [5.74, 6) is 0.427. The Hall–Kier alpha value is -2.17. The van der Waals surface area contributed by atoms with E-state index in [2.05, 4.69) is 67.0 Å². The number of morpholine rings is 1. The quantitative estimate of drug-likeness (QED) is 0.598. The number of hydrogen-bond donors (Lipinski definition) is 0. The molecule has 1 aliphatic heterocycles. The molecule has 0 spiro atoms. The smallest absolute Gasteiger partial charge is 0.183 e. The standard InChI is InChI=1S/C26H36N2O2/c1-6-21(3)26(27(4)5,19-22-9-7-20(2)8-10-22)25(29)23-11-13-24(14-12-23)28-15-17-30-18-16-28/h7-14,21H,6,15-19H2,1-5H3. The molecule has 0 aliphatic carbocycles. The Morgan fingerprint density at radius 2 is 1.67 bits per heavy atom. The average Bonchev–Trinajstić information content (AvgIpc) is 2.78. The van der Waals surface area contributed by atoms with Crippen LogP contribution in [0.5, 0.6) is 0 Å². The van der Waals surface area contributed by atoms with Crippen LogP contribution in [0.4, 0.5) is 5.69 Å². The van der Waals surface area contributed by atoms with E-state index in [1.165, 1.54) is 11.1 Å². The van der Waals surface area contributed by atoms with Gasteiger partial charge in [-0.3, -0.25) is 9.69 Å². The third-order valence-corrected chi connectivity index (χ3v) is 6.72. The van der Waals surface area contributed by atoms with Gasteiger partial charge in [-0.05, 0) is 63.2 Å². The zero-order chi connectivity index (χ0) is 21.7. The van der Waals surface area contributed by atoms with Crippen LogP contribution in [-0.4, -0.2) is 56.6 Å². The minimum Gasteiger partial charge on any atom is -0.378 e. The average molecular weight is 409 g/mol. The molecule has 2 aromatic rings. The number of hydrogen-bond acceptors (Lipinski definition) is 4. The van der Waals surface area contributed by atoms with Crippen molar-refractivity contribution in [3.8, 4) is 0 Å². The van der Waals surface area contributed by atoms with Crippen LogP contribution in [-0.2, 0) is 11.2 Å². The summed E-state index contributed by atoms with van der Waals surface area (Å²) in [5.41, 5.74) is 3.81. The van der Waals surface area contributed by atoms with Crippen LogP contribution in [0.1, 0.15) is 41.8 Å². The van der Waals surface area contributed by atoms with Crippen molar-refractivity contribution >= 4 is 11.5 Å². The molecule has 1 heterocycles. The number of carbonyl (C=O) groups excluding carboxylic acids is 1. The Kier molecular flexibility index (Phi) is 7.32. The van der Waals surface area contributed by atoms with Gasteiger partial charge >= 0.3 is 0 Å². The lowest BCUT2D eigenvalue weighted by molar-refractivity contribution is 0.0502. The monoisotopic (exact) mass is 408 g/mol. The van der Waals surface area contributed by atoms with Crippen molar-refractivity contribution in [1.82, 2.24) is 4.90 Å². The second-order valence-electron chi connectivity index (χ2n) is 8.77. The van der Waals surface area contributed by atoms with E-state index >= 15 is 0 Å². The van der Waals surface area contributed by atoms with E-state index in [1.807, 2.05) is 26.2 Å². The molecule has 2 atom stereocenters. The van der Waals surface area contributed by atoms with Gasteiger partial charge in [-0.25, -0.2) is 0 Å². The van der Waals surface area contributed by atoms with Gasteiger partial charge in [0.1, 0.15) is 0 Å². The molecule has 4 nitrogen and oxygen atoms in total. The van der Waals surface area contributed by atoms with Crippen LogP contribution < -0.4 is 4.90 Å². The normalized spacial score (nSPS) is 17.6. The first-order chi connectivity index (χ1) is 14.4. The van der Waals surface area contributed by atoms with E-state index in [0.29, 0.717) is 6.42 Å². The molecular weight excluding hydrogens is 372 g/mol. The highest BCUT2D eigenvalue weighted by atomic mass is 16.5. The van der Waals surface area contributed by atoms with Gasteiger partial charge in [-0.15, -0.1) is 0 Å². The van der Waals surface area contributed by atoms with Gasteiger partial charge in [0.25, 0.3) is 0 Å². The van der Waals surface area contributed by atoms with E-state index in [9.17, 15) is 4.79 Å². The summed E-state index contributed by atoms with van der Waals surface area (Å²) in [4.78, 5) is 18.4. The summed E-state index contributed by atoms with van der Waals surface area (Å²) in [6.45, 7) is 9.79. The van der Waals surface area contributed by atoms with Gasteiger partial charge in [0, 0.05) is 24.3 Å². The number of aryl methyl sites for hydroxylation is 1. The minimum absolute atomic E-state index is 0.205. The van der Waals surface area contributed by atoms with Gasteiger partial charge in [0.05, 0.1) is 18.8 Å². The number of benzene rings is 2. The van der Waals surface area contributed by atoms with Gasteiger partial charge in [-0.2, -0.15) is 0 Å². The highest BCUT2D eigenvalue weighted by Gasteiger charge is 2.45. The molecular formula is C26H36N2O2. The predicted octanol–water partition coefficient (Wildman–Crippen LogP) is 4.60. The summed E-state index contributed by atoms with van der Waals surface area (Å²) in [6, 6.07) is 16.8. The zero-order valence-corrected chi connectivity index (χ0v) is 19.1. The fraction of sp³-hybridized carbons (Fsp3) is 0.500. The van der Waals surface area contributed by atoms with Crippen molar-refractivity contribution in [3.63, 3.8) is 0 Å². The van der Waals surface area contributed by atoms with Crippen LogP contribution >= 0.6 is 0 Å². The van der Waals surface area contributed by atoms with E-state index in [4.69, 9.17) is 4.74 Å². The minimum atomic E-state index is -0.579. The number of ketones is 1. The van der Waals surface area contributed by atoms with E-state index in [-0.39, 0.29) is 11.7 Å². The molecule has 1 fully saturated rings. The number of nitrogens with zero attached hydrogens (tertiary/aromatic N) is 2. The van der Waals surface area contributed by atoms with Crippen LogP contribution in [0.15, 0.2) is 48.5 Å². The number of likely N-dealkylation sites (N-methyl/N-ethyl adjacent to an activating group) is 1. The van der Waals surface area contributed by atoms with Crippen LogP contribution in [0, 0.1) is 12.8 Å². The Labute approximate surface area is 181 Å². The fourth-order valence-electron chi connectivity index (χ4n) is 4.53. The summed E-state index contributed by atoms with van der Waals surface area (Å²) in [7, 11) is 4.08. The second-order valence-corrected chi connectivity index (χ2v) is 8.77. The Morgan fingerprint density at radius 3 is 2.20 bits per heavy atom. The molecule has 30 heavy (non-hydrogen) atoms. The number of rotatable bonds is 8. The van der Waals surface area contributed by atoms with Crippen LogP contribution in [0.25, 0.3) is 0 Å². The van der Waals surface area contributed by atoms with Gasteiger partial charge in [0.15, 0.2) is 5.78 Å². The molecule has 3 rings (SSSR count). The molecule has 1 saturated heterocycles. The first-order valence-corrected chi connectivity index (χ1v) is 11.1. The Balaban J connectivity index is 1.93. The lowest BCUT2D eigenvalue weighted by Gasteiger charge is -2.43. The molecule has 1 aliphatic rings. The van der Waals surface area contributed by atoms with Gasteiger partial charge in [-0.1, -0.05) is 50.1 Å². The maximum Gasteiger partial charge on any atom is 0.183 e. The van der Waals surface area contributed by atoms with Crippen molar-refractivity contribution in [2.45, 2.75) is 39.2 Å². The van der Waals surface area contributed by atoms with Gasteiger partial charge < -0.3 is 9.64 Å². The molecule has 0 N–H and O–H groups in total. The number of anilines is 1. The summed E-state index contributed by atoms with van der Waals surface area (Å²) < 4.78 is 5.46. The number of carbonyl (C=O) groups is 1. The van der Waals surface area contributed by atoms with E-state index in [1.54, 1.807) is 0 Å². The van der Waals surface area contributed by atoms with Crippen molar-refractivity contribution in [3.05, 3.63) is 65.2 Å². The molecule has 2 unspecified atom stereocenters. The first-order valence-electron chi connectivity index (χ1n) is 11.1. The molecule has 0 aromatic heterocycles. The SMILES string of the molecule is CCC(C)C(Cc1ccc(C)cc1)(C(=O)c1ccc(N2CCOCC2)cc1)N(C)C. The highest BCUT2D eigenvalue weighted by Crippen LogP contribution is 2.34. The maximum absolute atomic E-state index is 14.0. The molecule has 0 saturated carbocycles. The molecule has 0 bridgehead atoms. The van der Waals surface area contributed by atoms with E-state index in [0.717, 1.165) is 44.0 Å². The van der Waals surface area contributed by atoms with Crippen LogP contribution in [0.3, 0.4) is 0 Å². The van der Waals surface area contributed by atoms with Crippen molar-refractivity contribution in [2.75, 3.05) is 45.3 Å². The highest BCUT2D eigenvalue weighted by molar-refractivity contribution is 6.04. The lowest BCUT2D eigenvalue weighted by Crippen LogP contribution is -2.57. The maximum atomic E-state index is 14.0. The third kappa shape index (κ3) is 4.60. The molecule has 0 amide bonds. The Morgan fingerprint density at radius 1 is 1.07 bits per heavy atom. The largest absolute Gasteiger partial charge is 0.378 e. The predicted molar refractivity (Wildman–Crippen MR) is 125 cm³/mol. The lowest BCUT2D eigenvalue weighted by atomic mass is 9.72. The first kappa shape index (κ1) is 22.5. The van der Waals surface area contributed by atoms with Crippen LogP contribution in [0.2, 0.25) is 0 Å². The number of Topliss-reactive ketones (excluding diaryl/α,β-unsaturated/α-hetero) is 1. The van der Waals surface area contributed by atoms with Crippen molar-refractivity contribution in [1.29, 1.82) is 0 Å². The second kappa shape index (κ2) is 9.76. The molecule has 162 valence electrons. The van der Waals surface area contributed by atoms with E-state index < -0.39 is 5.54 Å². The van der Waals surface area contributed by atoms with Crippen molar-refractivity contribution < 1.29 is 9.53 Å². The van der Waals surface area contributed by atoms with Crippen molar-refractivity contribution in [2.24, 2.45) is 5.92 Å². The molecule has 2 aromatic carbocycles. The third-order valence-electron chi connectivity index (χ3n) is 6.72. The fourth-order valence-corrected chi connectivity index (χ4v) is 4.53. The summed E-state index contributed by atoms with van der Waals surface area (Å²) >= 11 is 0. The Bertz CT molecular complexity index is 823. The summed E-state index contributed by atoms with van der Waals surface area (Å²) in [6.07, 6.45) is 1.65. The molecule has 0 radical (unpaired) electrons. The summed E-state index contributed by atoms with van der Waals surface area (Å²) in [5, 5.41) is 0. The number of ether oxygens (including phenoxy) is 1. The van der Waals surface area contributed by atoms with Gasteiger partial charge in [0.2, 0.25) is 0 Å².